The molecular formula is C14H18N2O5. The van der Waals surface area contributed by atoms with E-state index in [-0.39, 0.29) is 17.8 Å². The number of nitrogens with one attached hydrogen (secondary N) is 1. The number of carbonyl (C=O) groups is 2. The van der Waals surface area contributed by atoms with Gasteiger partial charge in [0.1, 0.15) is 5.56 Å². The van der Waals surface area contributed by atoms with Crippen LogP contribution in [0.2, 0.25) is 0 Å². The molecule has 0 bridgehead atoms. The van der Waals surface area contributed by atoms with E-state index in [4.69, 9.17) is 5.11 Å². The summed E-state index contributed by atoms with van der Waals surface area (Å²) in [5, 5.41) is 22.5. The molecule has 2 N–H and O–H groups in total. The molecule has 0 saturated carbocycles. The highest BCUT2D eigenvalue weighted by Gasteiger charge is 2.32. The quantitative estimate of drug-likeness (QED) is 0.617. The second kappa shape index (κ2) is 6.34. The number of aliphatic carboxylic acids is 1. The van der Waals surface area contributed by atoms with E-state index in [9.17, 15) is 19.7 Å². The third kappa shape index (κ3) is 3.77. The zero-order chi connectivity index (χ0) is 16.2. The molecule has 0 aliphatic rings. The van der Waals surface area contributed by atoms with Crippen LogP contribution in [-0.4, -0.2) is 28.5 Å². The molecule has 0 fully saturated rings. The standard InChI is InChI=1S/C14H18N2O5/c1-4-14(3,13(18)19)8-15-12(17)10-7-9(2)5-6-11(10)16(20)21/h5-7H,4,8H2,1-3H3,(H,15,17)(H,18,19). The predicted molar refractivity (Wildman–Crippen MR) is 76.2 cm³/mol. The molecule has 0 saturated heterocycles. The predicted octanol–water partition coefficient (Wildman–Crippen LogP) is 2.13. The minimum Gasteiger partial charge on any atom is -0.481 e. The maximum Gasteiger partial charge on any atom is 0.311 e. The van der Waals surface area contributed by atoms with Crippen molar-refractivity contribution in [2.45, 2.75) is 27.2 Å². The van der Waals surface area contributed by atoms with Crippen molar-refractivity contribution in [3.63, 3.8) is 0 Å². The van der Waals surface area contributed by atoms with Gasteiger partial charge in [0.15, 0.2) is 0 Å². The molecule has 0 aliphatic heterocycles. The van der Waals surface area contributed by atoms with Crippen molar-refractivity contribution < 1.29 is 19.6 Å². The summed E-state index contributed by atoms with van der Waals surface area (Å²) in [6.45, 7) is 4.84. The van der Waals surface area contributed by atoms with Crippen LogP contribution < -0.4 is 5.32 Å². The van der Waals surface area contributed by atoms with Gasteiger partial charge in [-0.05, 0) is 31.9 Å². The molecule has 0 aromatic heterocycles. The highest BCUT2D eigenvalue weighted by Crippen LogP contribution is 2.22. The Morgan fingerprint density at radius 2 is 2.05 bits per heavy atom. The Balaban J connectivity index is 2.98. The molecule has 1 aromatic carbocycles. The fraction of sp³-hybridized carbons (Fsp3) is 0.429. The van der Waals surface area contributed by atoms with E-state index in [1.165, 1.54) is 19.1 Å². The number of carbonyl (C=O) groups excluding carboxylic acids is 1. The Kier molecular flexibility index (Phi) is 5.02. The highest BCUT2D eigenvalue weighted by molar-refractivity contribution is 5.98. The van der Waals surface area contributed by atoms with Crippen LogP contribution in [0.1, 0.15) is 36.2 Å². The lowest BCUT2D eigenvalue weighted by atomic mass is 9.87. The second-order valence-electron chi connectivity index (χ2n) is 5.18. The number of carboxylic acids is 1. The smallest absolute Gasteiger partial charge is 0.311 e. The Morgan fingerprint density at radius 1 is 1.43 bits per heavy atom. The zero-order valence-corrected chi connectivity index (χ0v) is 12.2. The number of benzene rings is 1. The van der Waals surface area contributed by atoms with Gasteiger partial charge in [0, 0.05) is 12.6 Å². The minimum atomic E-state index is -1.10. The second-order valence-corrected chi connectivity index (χ2v) is 5.18. The molecule has 0 heterocycles. The van der Waals surface area contributed by atoms with Crippen LogP contribution in [0.25, 0.3) is 0 Å². The lowest BCUT2D eigenvalue weighted by molar-refractivity contribution is -0.385. The summed E-state index contributed by atoms with van der Waals surface area (Å²) in [6, 6.07) is 4.22. The SMILES string of the molecule is CCC(C)(CNC(=O)c1cc(C)ccc1[N+](=O)[O-])C(=O)O. The monoisotopic (exact) mass is 294 g/mol. The van der Waals surface area contributed by atoms with Crippen molar-refractivity contribution in [1.29, 1.82) is 0 Å². The molecule has 114 valence electrons. The van der Waals surface area contributed by atoms with E-state index < -0.39 is 22.2 Å². The number of amides is 1. The van der Waals surface area contributed by atoms with E-state index in [2.05, 4.69) is 5.32 Å². The van der Waals surface area contributed by atoms with Crippen molar-refractivity contribution in [2.75, 3.05) is 6.54 Å². The van der Waals surface area contributed by atoms with Gasteiger partial charge in [-0.25, -0.2) is 0 Å². The van der Waals surface area contributed by atoms with Crippen molar-refractivity contribution in [3.8, 4) is 0 Å². The third-order valence-corrected chi connectivity index (χ3v) is 3.53. The van der Waals surface area contributed by atoms with Gasteiger partial charge in [-0.1, -0.05) is 13.0 Å². The van der Waals surface area contributed by atoms with Gasteiger partial charge in [-0.2, -0.15) is 0 Å². The van der Waals surface area contributed by atoms with Crippen LogP contribution in [0.15, 0.2) is 18.2 Å². The van der Waals surface area contributed by atoms with Crippen molar-refractivity contribution >= 4 is 17.6 Å². The fourth-order valence-corrected chi connectivity index (χ4v) is 1.71. The molecule has 1 amide bonds. The average Bonchev–Trinajstić information content (AvgIpc) is 2.43. The first-order valence-electron chi connectivity index (χ1n) is 6.48. The van der Waals surface area contributed by atoms with Gasteiger partial charge >= 0.3 is 5.97 Å². The fourth-order valence-electron chi connectivity index (χ4n) is 1.71. The Labute approximate surface area is 122 Å². The van der Waals surface area contributed by atoms with Crippen molar-refractivity contribution in [3.05, 3.63) is 39.4 Å². The summed E-state index contributed by atoms with van der Waals surface area (Å²) in [5.74, 6) is -1.67. The molecule has 1 unspecified atom stereocenters. The van der Waals surface area contributed by atoms with E-state index in [0.29, 0.717) is 12.0 Å². The number of carboxylic acid groups (broad SMARTS) is 1. The van der Waals surface area contributed by atoms with Gasteiger partial charge in [0.25, 0.3) is 11.6 Å². The molecule has 1 atom stereocenters. The maximum atomic E-state index is 12.1. The summed E-state index contributed by atoms with van der Waals surface area (Å²) in [4.78, 5) is 33.6. The van der Waals surface area contributed by atoms with Gasteiger partial charge in [-0.15, -0.1) is 0 Å². The van der Waals surface area contributed by atoms with E-state index in [0.717, 1.165) is 0 Å². The molecule has 21 heavy (non-hydrogen) atoms. The molecule has 1 aromatic rings. The van der Waals surface area contributed by atoms with Crippen molar-refractivity contribution in [1.82, 2.24) is 5.32 Å². The maximum absolute atomic E-state index is 12.1. The first-order chi connectivity index (χ1) is 9.71. The topological polar surface area (TPSA) is 110 Å². The first-order valence-corrected chi connectivity index (χ1v) is 6.48. The third-order valence-electron chi connectivity index (χ3n) is 3.53. The van der Waals surface area contributed by atoms with E-state index >= 15 is 0 Å². The number of nitro benzene ring substituents is 1. The normalized spacial score (nSPS) is 13.3. The lowest BCUT2D eigenvalue weighted by Crippen LogP contribution is -2.40. The van der Waals surface area contributed by atoms with Crippen LogP contribution >= 0.6 is 0 Å². The Bertz CT molecular complexity index is 585. The van der Waals surface area contributed by atoms with E-state index in [1.54, 1.807) is 19.9 Å². The molecular weight excluding hydrogens is 276 g/mol. The zero-order valence-electron chi connectivity index (χ0n) is 12.2. The van der Waals surface area contributed by atoms with Crippen LogP contribution in [0.3, 0.4) is 0 Å². The Morgan fingerprint density at radius 3 is 2.52 bits per heavy atom. The van der Waals surface area contributed by atoms with Crippen LogP contribution in [-0.2, 0) is 4.79 Å². The number of rotatable bonds is 6. The molecule has 1 rings (SSSR count). The molecule has 7 nitrogen and oxygen atoms in total. The molecule has 0 spiro atoms. The van der Waals surface area contributed by atoms with Gasteiger partial charge < -0.3 is 10.4 Å². The van der Waals surface area contributed by atoms with Crippen LogP contribution in [0.5, 0.6) is 0 Å². The summed E-state index contributed by atoms with van der Waals surface area (Å²) in [5.41, 5.74) is -0.758. The molecule has 0 radical (unpaired) electrons. The van der Waals surface area contributed by atoms with Gasteiger partial charge in [0.05, 0.1) is 10.3 Å². The largest absolute Gasteiger partial charge is 0.481 e. The summed E-state index contributed by atoms with van der Waals surface area (Å²) in [6.07, 6.45) is 0.332. The number of hydrogen-bond donors (Lipinski definition) is 2. The van der Waals surface area contributed by atoms with Gasteiger partial charge in [0.2, 0.25) is 0 Å². The number of nitro groups is 1. The first kappa shape index (κ1) is 16.6. The minimum absolute atomic E-state index is 0.0659. The van der Waals surface area contributed by atoms with Gasteiger partial charge in [-0.3, -0.25) is 19.7 Å². The van der Waals surface area contributed by atoms with Crippen molar-refractivity contribution in [2.24, 2.45) is 5.41 Å². The van der Waals surface area contributed by atoms with E-state index in [1.807, 2.05) is 0 Å². The average molecular weight is 294 g/mol. The number of aryl methyl sites for hydroxylation is 1. The summed E-state index contributed by atoms with van der Waals surface area (Å²) in [7, 11) is 0. The lowest BCUT2D eigenvalue weighted by Gasteiger charge is -2.23. The van der Waals surface area contributed by atoms with Crippen LogP contribution in [0, 0.1) is 22.5 Å². The molecule has 7 heteroatoms. The number of hydrogen-bond acceptors (Lipinski definition) is 4. The highest BCUT2D eigenvalue weighted by atomic mass is 16.6. The molecule has 0 aliphatic carbocycles. The summed E-state index contributed by atoms with van der Waals surface area (Å²) >= 11 is 0. The summed E-state index contributed by atoms with van der Waals surface area (Å²) < 4.78 is 0. The van der Waals surface area contributed by atoms with Crippen LogP contribution in [0.4, 0.5) is 5.69 Å². The Hall–Kier alpha value is -2.44. The number of nitrogens with zero attached hydrogens (tertiary/aromatic N) is 1.